The number of imidazole rings is 1. The van der Waals surface area contributed by atoms with Gasteiger partial charge in [-0.05, 0) is 24.1 Å². The highest BCUT2D eigenvalue weighted by Crippen LogP contribution is 2.28. The normalized spacial score (nSPS) is 10.9. The summed E-state index contributed by atoms with van der Waals surface area (Å²) >= 11 is 0. The summed E-state index contributed by atoms with van der Waals surface area (Å²) in [7, 11) is 3.88. The number of carbonyl (C=O) groups is 1. The standard InChI is InChI=1S/C17H19N5O/c1-4-11-5-6-12(17(18)23)7-14(11)22(3)16-8-15-13(9-19-16)20-10-21(15)2/h5-10H,4H2,1-3H3,(H2,18,23). The van der Waals surface area contributed by atoms with Crippen molar-refractivity contribution in [1.82, 2.24) is 14.5 Å². The molecule has 0 unspecified atom stereocenters. The van der Waals surface area contributed by atoms with Crippen LogP contribution in [0.4, 0.5) is 11.5 Å². The zero-order valence-corrected chi connectivity index (χ0v) is 13.4. The smallest absolute Gasteiger partial charge is 0.248 e. The number of nitrogens with zero attached hydrogens (tertiary/aromatic N) is 4. The van der Waals surface area contributed by atoms with Gasteiger partial charge in [-0.15, -0.1) is 0 Å². The van der Waals surface area contributed by atoms with Gasteiger partial charge in [-0.1, -0.05) is 13.0 Å². The minimum atomic E-state index is -0.433. The number of carbonyl (C=O) groups excluding carboxylic acids is 1. The molecule has 0 fully saturated rings. The van der Waals surface area contributed by atoms with Gasteiger partial charge in [0.15, 0.2) is 0 Å². The maximum atomic E-state index is 11.5. The predicted octanol–water partition coefficient (Wildman–Crippen LogP) is 2.40. The number of primary amides is 1. The maximum Gasteiger partial charge on any atom is 0.248 e. The summed E-state index contributed by atoms with van der Waals surface area (Å²) in [6.07, 6.45) is 4.37. The van der Waals surface area contributed by atoms with Crippen LogP contribution < -0.4 is 10.6 Å². The Hall–Kier alpha value is -2.89. The minimum absolute atomic E-state index is 0.433. The van der Waals surface area contributed by atoms with E-state index in [0.29, 0.717) is 5.56 Å². The van der Waals surface area contributed by atoms with Gasteiger partial charge in [0.1, 0.15) is 11.3 Å². The Morgan fingerprint density at radius 2 is 2.09 bits per heavy atom. The van der Waals surface area contributed by atoms with Gasteiger partial charge in [0, 0.05) is 31.4 Å². The lowest BCUT2D eigenvalue weighted by atomic mass is 10.1. The number of pyridine rings is 1. The monoisotopic (exact) mass is 309 g/mol. The number of aryl methyl sites for hydroxylation is 2. The van der Waals surface area contributed by atoms with E-state index < -0.39 is 5.91 Å². The molecular formula is C17H19N5O. The average Bonchev–Trinajstić information content (AvgIpc) is 2.94. The maximum absolute atomic E-state index is 11.5. The van der Waals surface area contributed by atoms with E-state index in [2.05, 4.69) is 16.9 Å². The van der Waals surface area contributed by atoms with Crippen molar-refractivity contribution < 1.29 is 4.79 Å². The molecule has 6 heteroatoms. The van der Waals surface area contributed by atoms with Crippen LogP contribution in [0.2, 0.25) is 0 Å². The number of hydrogen-bond donors (Lipinski definition) is 1. The molecule has 2 heterocycles. The van der Waals surface area contributed by atoms with Gasteiger partial charge >= 0.3 is 0 Å². The third-order valence-electron chi connectivity index (χ3n) is 4.05. The molecule has 3 aromatic rings. The van der Waals surface area contributed by atoms with E-state index in [0.717, 1.165) is 34.5 Å². The topological polar surface area (TPSA) is 77.0 Å². The molecule has 2 aromatic heterocycles. The second-order valence-electron chi connectivity index (χ2n) is 5.51. The molecule has 6 nitrogen and oxygen atoms in total. The number of hydrogen-bond acceptors (Lipinski definition) is 4. The van der Waals surface area contributed by atoms with E-state index in [9.17, 15) is 4.79 Å². The van der Waals surface area contributed by atoms with Crippen LogP contribution in [0, 0.1) is 0 Å². The van der Waals surface area contributed by atoms with Crippen molar-refractivity contribution >= 4 is 28.4 Å². The van der Waals surface area contributed by atoms with Crippen LogP contribution in [-0.2, 0) is 13.5 Å². The van der Waals surface area contributed by atoms with Gasteiger partial charge in [-0.25, -0.2) is 9.97 Å². The highest BCUT2D eigenvalue weighted by atomic mass is 16.1. The second kappa shape index (κ2) is 5.72. The first-order valence-corrected chi connectivity index (χ1v) is 7.44. The van der Waals surface area contributed by atoms with Crippen LogP contribution in [0.3, 0.4) is 0 Å². The first-order chi connectivity index (χ1) is 11.0. The number of aromatic nitrogens is 3. The Balaban J connectivity index is 2.10. The van der Waals surface area contributed by atoms with Gasteiger partial charge in [-0.3, -0.25) is 4.79 Å². The fourth-order valence-corrected chi connectivity index (χ4v) is 2.66. The van der Waals surface area contributed by atoms with Crippen LogP contribution in [0.25, 0.3) is 11.0 Å². The van der Waals surface area contributed by atoms with Crippen LogP contribution in [0.5, 0.6) is 0 Å². The lowest BCUT2D eigenvalue weighted by Crippen LogP contribution is -2.16. The molecule has 0 saturated carbocycles. The van der Waals surface area contributed by atoms with Crippen molar-refractivity contribution in [3.63, 3.8) is 0 Å². The van der Waals surface area contributed by atoms with Crippen molar-refractivity contribution in [1.29, 1.82) is 0 Å². The number of fused-ring (bicyclic) bond motifs is 1. The average molecular weight is 309 g/mol. The number of benzene rings is 1. The Morgan fingerprint density at radius 1 is 1.30 bits per heavy atom. The van der Waals surface area contributed by atoms with Crippen LogP contribution in [0.15, 0.2) is 36.8 Å². The second-order valence-corrected chi connectivity index (χ2v) is 5.51. The van der Waals surface area contributed by atoms with Gasteiger partial charge in [0.05, 0.1) is 18.0 Å². The zero-order valence-electron chi connectivity index (χ0n) is 13.4. The molecule has 0 spiro atoms. The van der Waals surface area contributed by atoms with Gasteiger partial charge < -0.3 is 15.2 Å². The summed E-state index contributed by atoms with van der Waals surface area (Å²) in [5.41, 5.74) is 9.82. The Labute approximate surface area is 134 Å². The summed E-state index contributed by atoms with van der Waals surface area (Å²) in [6, 6.07) is 7.50. The largest absolute Gasteiger partial charge is 0.366 e. The van der Waals surface area contributed by atoms with E-state index >= 15 is 0 Å². The number of nitrogens with two attached hydrogens (primary N) is 1. The molecule has 0 aliphatic heterocycles. The molecule has 3 rings (SSSR count). The minimum Gasteiger partial charge on any atom is -0.366 e. The van der Waals surface area contributed by atoms with Crippen molar-refractivity contribution in [3.8, 4) is 0 Å². The fraction of sp³-hybridized carbons (Fsp3) is 0.235. The van der Waals surface area contributed by atoms with Gasteiger partial charge in [-0.2, -0.15) is 0 Å². The molecule has 1 amide bonds. The van der Waals surface area contributed by atoms with Gasteiger partial charge in [0.2, 0.25) is 5.91 Å². The van der Waals surface area contributed by atoms with Crippen molar-refractivity contribution in [2.24, 2.45) is 12.8 Å². The molecule has 118 valence electrons. The summed E-state index contributed by atoms with van der Waals surface area (Å²) in [5.74, 6) is 0.356. The number of amides is 1. The summed E-state index contributed by atoms with van der Waals surface area (Å²) < 4.78 is 1.95. The molecule has 23 heavy (non-hydrogen) atoms. The lowest BCUT2D eigenvalue weighted by molar-refractivity contribution is 0.100. The fourth-order valence-electron chi connectivity index (χ4n) is 2.66. The van der Waals surface area contributed by atoms with E-state index in [1.807, 2.05) is 41.8 Å². The lowest BCUT2D eigenvalue weighted by Gasteiger charge is -2.22. The van der Waals surface area contributed by atoms with Crippen LogP contribution in [-0.4, -0.2) is 27.5 Å². The Kier molecular flexibility index (Phi) is 3.73. The molecule has 0 radical (unpaired) electrons. The molecular weight excluding hydrogens is 290 g/mol. The van der Waals surface area contributed by atoms with E-state index in [-0.39, 0.29) is 0 Å². The molecule has 0 aliphatic rings. The SMILES string of the molecule is CCc1ccc(C(N)=O)cc1N(C)c1cc2c(cn1)ncn2C. The first kappa shape index (κ1) is 15.0. The first-order valence-electron chi connectivity index (χ1n) is 7.44. The van der Waals surface area contributed by atoms with E-state index in [1.54, 1.807) is 18.6 Å². The van der Waals surface area contributed by atoms with Crippen molar-refractivity contribution in [2.45, 2.75) is 13.3 Å². The summed E-state index contributed by atoms with van der Waals surface area (Å²) in [6.45, 7) is 2.08. The quantitative estimate of drug-likeness (QED) is 0.803. The molecule has 0 atom stereocenters. The van der Waals surface area contributed by atoms with Crippen LogP contribution >= 0.6 is 0 Å². The molecule has 1 aromatic carbocycles. The zero-order chi connectivity index (χ0) is 16.6. The summed E-state index contributed by atoms with van der Waals surface area (Å²) in [4.78, 5) is 22.2. The Morgan fingerprint density at radius 3 is 2.78 bits per heavy atom. The van der Waals surface area contributed by atoms with Gasteiger partial charge in [0.25, 0.3) is 0 Å². The highest BCUT2D eigenvalue weighted by molar-refractivity contribution is 5.94. The number of anilines is 2. The third kappa shape index (κ3) is 2.63. The van der Waals surface area contributed by atoms with Crippen molar-refractivity contribution in [3.05, 3.63) is 47.9 Å². The molecule has 0 bridgehead atoms. The molecule has 0 aliphatic carbocycles. The van der Waals surface area contributed by atoms with Crippen LogP contribution in [0.1, 0.15) is 22.8 Å². The number of rotatable bonds is 4. The molecule has 2 N–H and O–H groups in total. The highest BCUT2D eigenvalue weighted by Gasteiger charge is 2.14. The third-order valence-corrected chi connectivity index (χ3v) is 4.05. The predicted molar refractivity (Wildman–Crippen MR) is 90.9 cm³/mol. The van der Waals surface area contributed by atoms with Crippen molar-refractivity contribution in [2.75, 3.05) is 11.9 Å². The Bertz CT molecular complexity index is 884. The summed E-state index contributed by atoms with van der Waals surface area (Å²) in [5, 5.41) is 0. The van der Waals surface area contributed by atoms with E-state index in [1.165, 1.54) is 0 Å². The van der Waals surface area contributed by atoms with E-state index in [4.69, 9.17) is 5.73 Å². The molecule has 0 saturated heterocycles.